The number of carbonyl (C=O) groups is 1. The van der Waals surface area contributed by atoms with E-state index < -0.39 is 10.0 Å². The fraction of sp³-hybridized carbons (Fsp3) is 0.500. The molecule has 0 radical (unpaired) electrons. The Labute approximate surface area is 171 Å². The molecule has 29 heavy (non-hydrogen) atoms. The van der Waals surface area contributed by atoms with Crippen molar-refractivity contribution in [3.05, 3.63) is 42.0 Å². The molecule has 0 saturated carbocycles. The van der Waals surface area contributed by atoms with Crippen molar-refractivity contribution in [2.75, 3.05) is 26.7 Å². The maximum atomic E-state index is 13.1. The lowest BCUT2D eigenvalue weighted by molar-refractivity contribution is 0.0950. The molecule has 3 rings (SSSR count). The summed E-state index contributed by atoms with van der Waals surface area (Å²) in [5.74, 6) is 0.827. The first-order chi connectivity index (χ1) is 13.9. The number of ether oxygens (including phenoxy) is 1. The molecule has 1 N–H and O–H groups in total. The Hall–Kier alpha value is -2.39. The maximum Gasteiger partial charge on any atom is 0.255 e. The van der Waals surface area contributed by atoms with Crippen LogP contribution in [0, 0.1) is 0 Å². The van der Waals surface area contributed by atoms with Crippen molar-refractivity contribution in [1.29, 1.82) is 0 Å². The topological polar surface area (TPSA) is 93.5 Å². The lowest BCUT2D eigenvalue weighted by Gasteiger charge is -2.20. The van der Waals surface area contributed by atoms with Crippen LogP contribution in [0.5, 0.6) is 5.75 Å². The number of hydrogen-bond acceptors (Lipinski definition) is 5. The highest BCUT2D eigenvalue weighted by Crippen LogP contribution is 2.26. The number of benzene rings is 1. The van der Waals surface area contributed by atoms with Crippen LogP contribution in [0.2, 0.25) is 0 Å². The average Bonchev–Trinajstić information content (AvgIpc) is 2.96. The quantitative estimate of drug-likeness (QED) is 0.739. The van der Waals surface area contributed by atoms with E-state index in [1.165, 1.54) is 23.5 Å². The normalized spacial score (nSPS) is 15.7. The summed E-state index contributed by atoms with van der Waals surface area (Å²) in [5, 5.41) is 2.83. The minimum Gasteiger partial charge on any atom is -0.496 e. The van der Waals surface area contributed by atoms with Gasteiger partial charge < -0.3 is 14.6 Å². The Bertz CT molecular complexity index is 947. The smallest absolute Gasteiger partial charge is 0.255 e. The monoisotopic (exact) mass is 420 g/mol. The molecule has 1 aliphatic rings. The van der Waals surface area contributed by atoms with E-state index in [-0.39, 0.29) is 16.4 Å². The molecule has 0 unspecified atom stereocenters. The van der Waals surface area contributed by atoms with Crippen LogP contribution in [0.3, 0.4) is 0 Å². The number of hydrogen-bond donors (Lipinski definition) is 1. The zero-order valence-electron chi connectivity index (χ0n) is 16.9. The van der Waals surface area contributed by atoms with Crippen LogP contribution >= 0.6 is 0 Å². The third-order valence-electron chi connectivity index (χ3n) is 5.17. The lowest BCUT2D eigenvalue weighted by atomic mass is 10.2. The van der Waals surface area contributed by atoms with Gasteiger partial charge in [0.15, 0.2) is 0 Å². The first-order valence-electron chi connectivity index (χ1n) is 9.86. The van der Waals surface area contributed by atoms with Crippen LogP contribution in [0.25, 0.3) is 0 Å². The van der Waals surface area contributed by atoms with Gasteiger partial charge in [0.2, 0.25) is 10.0 Å². The van der Waals surface area contributed by atoms with Crippen molar-refractivity contribution in [3.63, 3.8) is 0 Å². The van der Waals surface area contributed by atoms with Crippen molar-refractivity contribution < 1.29 is 17.9 Å². The summed E-state index contributed by atoms with van der Waals surface area (Å²) in [7, 11) is -0.289. The van der Waals surface area contributed by atoms with E-state index in [1.54, 1.807) is 12.3 Å². The van der Waals surface area contributed by atoms with Crippen LogP contribution < -0.4 is 10.1 Å². The molecule has 1 fully saturated rings. The minimum absolute atomic E-state index is 0.120. The third-order valence-corrected chi connectivity index (χ3v) is 7.07. The van der Waals surface area contributed by atoms with Crippen molar-refractivity contribution in [2.45, 2.75) is 37.0 Å². The molecule has 1 aliphatic heterocycles. The summed E-state index contributed by atoms with van der Waals surface area (Å²) in [4.78, 5) is 17.1. The molecule has 1 saturated heterocycles. The first-order valence-corrected chi connectivity index (χ1v) is 11.3. The molecule has 1 aromatic heterocycles. The summed E-state index contributed by atoms with van der Waals surface area (Å²) in [5.41, 5.74) is 0.211. The lowest BCUT2D eigenvalue weighted by Crippen LogP contribution is -2.32. The van der Waals surface area contributed by atoms with Gasteiger partial charge in [0, 0.05) is 45.5 Å². The van der Waals surface area contributed by atoms with Gasteiger partial charge in [-0.1, -0.05) is 12.8 Å². The van der Waals surface area contributed by atoms with E-state index in [0.717, 1.165) is 31.5 Å². The second kappa shape index (κ2) is 9.41. The highest BCUT2D eigenvalue weighted by Gasteiger charge is 2.27. The fourth-order valence-corrected chi connectivity index (χ4v) is 5.02. The fourth-order valence-electron chi connectivity index (χ4n) is 3.48. The summed E-state index contributed by atoms with van der Waals surface area (Å²) in [6.45, 7) is 1.41. The molecular weight excluding hydrogens is 392 g/mol. The summed E-state index contributed by atoms with van der Waals surface area (Å²) in [6.07, 6.45) is 7.92. The van der Waals surface area contributed by atoms with Gasteiger partial charge in [0.25, 0.3) is 5.91 Å². The van der Waals surface area contributed by atoms with Gasteiger partial charge in [-0.2, -0.15) is 4.31 Å². The number of aryl methyl sites for hydroxylation is 1. The number of aromatic nitrogens is 2. The van der Waals surface area contributed by atoms with E-state index in [0.29, 0.717) is 31.8 Å². The van der Waals surface area contributed by atoms with Crippen LogP contribution in [0.1, 0.15) is 41.9 Å². The molecule has 8 nitrogen and oxygen atoms in total. The van der Waals surface area contributed by atoms with Crippen LogP contribution in [-0.2, 0) is 23.5 Å². The maximum absolute atomic E-state index is 13.1. The van der Waals surface area contributed by atoms with Crippen LogP contribution in [0.4, 0.5) is 0 Å². The molecule has 158 valence electrons. The molecule has 2 aromatic rings. The predicted octanol–water partition coefficient (Wildman–Crippen LogP) is 1.97. The number of nitrogens with one attached hydrogen (secondary N) is 1. The second-order valence-electron chi connectivity index (χ2n) is 7.14. The first kappa shape index (κ1) is 21.3. The van der Waals surface area contributed by atoms with E-state index in [1.807, 2.05) is 17.8 Å². The summed E-state index contributed by atoms with van der Waals surface area (Å²) in [6, 6.07) is 4.46. The molecule has 0 atom stereocenters. The number of imidazole rings is 1. The van der Waals surface area contributed by atoms with Crippen molar-refractivity contribution in [2.24, 2.45) is 7.05 Å². The van der Waals surface area contributed by atoms with Crippen LogP contribution in [0.15, 0.2) is 35.5 Å². The summed E-state index contributed by atoms with van der Waals surface area (Å²) < 4.78 is 34.8. The largest absolute Gasteiger partial charge is 0.496 e. The van der Waals surface area contributed by atoms with Gasteiger partial charge in [-0.15, -0.1) is 0 Å². The Morgan fingerprint density at radius 1 is 1.21 bits per heavy atom. The van der Waals surface area contributed by atoms with E-state index in [9.17, 15) is 13.2 Å². The Morgan fingerprint density at radius 2 is 1.93 bits per heavy atom. The molecule has 0 aliphatic carbocycles. The third kappa shape index (κ3) is 4.97. The van der Waals surface area contributed by atoms with Gasteiger partial charge >= 0.3 is 0 Å². The molecular formula is C20H28N4O4S. The standard InChI is InChI=1S/C20H28N4O4S/c1-23-14-11-21-19(23)9-10-22-20(25)17-15-16(7-8-18(17)28-2)29(26,27)24-12-5-3-4-6-13-24/h7-8,11,14-15H,3-6,9-10,12-13H2,1-2H3,(H,22,25). The number of sulfonamides is 1. The number of nitrogens with zero attached hydrogens (tertiary/aromatic N) is 3. The molecule has 2 heterocycles. The second-order valence-corrected chi connectivity index (χ2v) is 9.08. The zero-order chi connectivity index (χ0) is 20.9. The van der Waals surface area contributed by atoms with E-state index in [4.69, 9.17) is 4.74 Å². The number of amides is 1. The van der Waals surface area contributed by atoms with Crippen LogP contribution in [-0.4, -0.2) is 54.9 Å². The number of methoxy groups -OCH3 is 1. The highest BCUT2D eigenvalue weighted by atomic mass is 32.2. The minimum atomic E-state index is -3.64. The molecule has 0 spiro atoms. The Morgan fingerprint density at radius 3 is 2.55 bits per heavy atom. The number of rotatable bonds is 7. The van der Waals surface area contributed by atoms with Gasteiger partial charge in [-0.3, -0.25) is 4.79 Å². The zero-order valence-corrected chi connectivity index (χ0v) is 17.7. The summed E-state index contributed by atoms with van der Waals surface area (Å²) >= 11 is 0. The molecule has 1 aromatic carbocycles. The van der Waals surface area contributed by atoms with Gasteiger partial charge in [0.1, 0.15) is 11.6 Å². The molecule has 0 bridgehead atoms. The van der Waals surface area contributed by atoms with Crippen molar-refractivity contribution >= 4 is 15.9 Å². The number of carbonyl (C=O) groups excluding carboxylic acids is 1. The highest BCUT2D eigenvalue weighted by molar-refractivity contribution is 7.89. The van der Waals surface area contributed by atoms with Crippen molar-refractivity contribution in [1.82, 2.24) is 19.2 Å². The van der Waals surface area contributed by atoms with Crippen molar-refractivity contribution in [3.8, 4) is 5.75 Å². The van der Waals surface area contributed by atoms with E-state index in [2.05, 4.69) is 10.3 Å². The molecule has 9 heteroatoms. The Balaban J connectivity index is 1.77. The Kier molecular flexibility index (Phi) is 6.92. The molecule has 1 amide bonds. The van der Waals surface area contributed by atoms with Gasteiger partial charge in [-0.05, 0) is 31.0 Å². The van der Waals surface area contributed by atoms with Gasteiger partial charge in [-0.25, -0.2) is 13.4 Å². The average molecular weight is 421 g/mol. The van der Waals surface area contributed by atoms with E-state index >= 15 is 0 Å². The SMILES string of the molecule is COc1ccc(S(=O)(=O)N2CCCCCC2)cc1C(=O)NCCc1nccn1C. The predicted molar refractivity (Wildman–Crippen MR) is 109 cm³/mol. The van der Waals surface area contributed by atoms with Gasteiger partial charge in [0.05, 0.1) is 17.6 Å².